The van der Waals surface area contributed by atoms with Gasteiger partial charge in [-0.3, -0.25) is 4.18 Å². The van der Waals surface area contributed by atoms with Crippen LogP contribution in [0.15, 0.2) is 0 Å². The largest absolute Gasteiger partial charge is 0.394 e. The van der Waals surface area contributed by atoms with Crippen LogP contribution >= 0.6 is 10.7 Å². The van der Waals surface area contributed by atoms with Gasteiger partial charge in [0.25, 0.3) is 10.1 Å². The highest BCUT2D eigenvalue weighted by Crippen LogP contribution is 1.98. The Balaban J connectivity index is -0.000000253. The van der Waals surface area contributed by atoms with Gasteiger partial charge in [0.15, 0.2) is 0 Å². The number of ether oxygens (including phenoxy) is 3. The van der Waals surface area contributed by atoms with Gasteiger partial charge in [-0.2, -0.15) is 8.42 Å². The quantitative estimate of drug-likeness (QED) is 0.345. The fraction of sp³-hybridized carbons (Fsp3) is 1.00. The summed E-state index contributed by atoms with van der Waals surface area (Å²) in [6.45, 7) is -1.37. The van der Waals surface area contributed by atoms with Crippen LogP contribution < -0.4 is 0 Å². The normalized spacial score (nSPS) is 22.2. The lowest BCUT2D eigenvalue weighted by Crippen LogP contribution is -2.21. The molecule has 0 aliphatic carbocycles. The minimum absolute atomic E-state index is 0.496. The molecule has 1 aliphatic heterocycles. The van der Waals surface area contributed by atoms with Crippen LogP contribution in [0.4, 0.5) is 0 Å². The van der Waals surface area contributed by atoms with E-state index in [1.807, 2.05) is 0 Å². The molecule has 0 aromatic carbocycles. The summed E-state index contributed by atoms with van der Waals surface area (Å²) in [7, 11) is -9.30. The summed E-state index contributed by atoms with van der Waals surface area (Å²) in [5.41, 5.74) is 0. The Hall–Kier alpha value is -0.0500. The molecule has 1 N–H and O–H groups in total. The predicted octanol–water partition coefficient (Wildman–Crippen LogP) is 1.56. The van der Waals surface area contributed by atoms with Crippen LogP contribution in [-0.2, 0) is 37.6 Å². The molecule has 194 valence electrons. The summed E-state index contributed by atoms with van der Waals surface area (Å²) in [5.74, 6) is 0. The van der Waals surface area contributed by atoms with E-state index >= 15 is 0 Å². The second-order valence-corrected chi connectivity index (χ2v) is 9.65. The average Bonchev–Trinajstić information content (AvgIpc) is 3.29. The van der Waals surface area contributed by atoms with Crippen LogP contribution in [0.25, 0.3) is 0 Å². The molecule has 1 rings (SSSR count). The van der Waals surface area contributed by atoms with Crippen LogP contribution in [0, 0.1) is 0 Å². The Bertz CT molecular complexity index is 978. The Morgan fingerprint density at radius 3 is 1.58 bits per heavy atom. The van der Waals surface area contributed by atoms with Gasteiger partial charge < -0.3 is 24.2 Å². The fourth-order valence-electron chi connectivity index (χ4n) is 1.32. The lowest BCUT2D eigenvalue weighted by Gasteiger charge is -2.13. The number of hydrogen-bond acceptors (Lipinski definition) is 10. The lowest BCUT2D eigenvalue weighted by atomic mass is 10.4. The van der Waals surface area contributed by atoms with Crippen LogP contribution in [0.1, 0.15) is 52.8 Å². The molecule has 0 unspecified atom stereocenters. The molecule has 0 radical (unpaired) electrons. The molecule has 31 heavy (non-hydrogen) atoms. The molecular formula is C18H44ClNO9S2. The van der Waals surface area contributed by atoms with Crippen LogP contribution in [0.5, 0.6) is 0 Å². The van der Waals surface area contributed by atoms with Gasteiger partial charge in [-0.25, -0.2) is 8.42 Å². The van der Waals surface area contributed by atoms with E-state index in [4.69, 9.17) is 29.0 Å². The third kappa shape index (κ3) is 65.2. The van der Waals surface area contributed by atoms with Crippen LogP contribution in [0.2, 0.25) is 0 Å². The molecule has 0 bridgehead atoms. The fourth-order valence-corrected chi connectivity index (χ4v) is 1.50. The van der Waals surface area contributed by atoms with Crippen molar-refractivity contribution in [2.45, 2.75) is 33.6 Å². The highest BCUT2D eigenvalue weighted by molar-refractivity contribution is 8.13. The number of nitrogens with zero attached hydrogens (tertiary/aromatic N) is 1. The number of hydrogen-bond donors (Lipinski definition) is 1. The van der Waals surface area contributed by atoms with Gasteiger partial charge in [-0.05, 0) is 32.5 Å². The monoisotopic (exact) mass is 531 g/mol. The van der Waals surface area contributed by atoms with E-state index < -0.39 is 59.5 Å². The number of halogens is 1. The molecule has 0 spiro atoms. The third-order valence-electron chi connectivity index (χ3n) is 2.55. The average molecular weight is 532 g/mol. The SMILES string of the molecule is C1CCOC1.CCN(CC)CC.CS(=O)(=O)Cl.[2H]C([2H])([2H])OC([2H])([2H])C([2H])([2H])O.[2H]C([2H])([2H])OC([2H])([2H])C([2H])([2H])OS(C)(=O)=O. The topological polar surface area (TPSA) is 129 Å². The summed E-state index contributed by atoms with van der Waals surface area (Å²) < 4.78 is 150. The molecule has 0 atom stereocenters. The maximum absolute atomic E-state index is 10.6. The molecular weight excluding hydrogens is 474 g/mol. The first kappa shape index (κ1) is 16.6. The molecule has 1 fully saturated rings. The molecule has 10 nitrogen and oxygen atoms in total. The summed E-state index contributed by atoms with van der Waals surface area (Å²) in [5, 5.41) is 8.49. The highest BCUT2D eigenvalue weighted by Gasteiger charge is 1.98. The van der Waals surface area contributed by atoms with Crippen molar-refractivity contribution in [3.05, 3.63) is 0 Å². The first-order chi connectivity index (χ1) is 19.5. The first-order valence-corrected chi connectivity index (χ1v) is 13.2. The Labute approximate surface area is 214 Å². The van der Waals surface area contributed by atoms with Crippen molar-refractivity contribution in [3.63, 3.8) is 0 Å². The lowest BCUT2D eigenvalue weighted by molar-refractivity contribution is 0.135. The van der Waals surface area contributed by atoms with Gasteiger partial charge in [-0.15, -0.1) is 0 Å². The molecule has 1 saturated heterocycles. The zero-order chi connectivity index (χ0) is 37.4. The number of aliphatic hydroxyl groups is 1. The molecule has 0 saturated carbocycles. The van der Waals surface area contributed by atoms with E-state index in [-0.39, 0.29) is 0 Å². The number of rotatable bonds is 9. The summed E-state index contributed by atoms with van der Waals surface area (Å²) in [4.78, 5) is 2.38. The minimum Gasteiger partial charge on any atom is -0.394 e. The van der Waals surface area contributed by atoms with Gasteiger partial charge >= 0.3 is 0 Å². The Kier molecular flexibility index (Phi) is 14.9. The van der Waals surface area contributed by atoms with Gasteiger partial charge in [-0.1, -0.05) is 20.8 Å². The molecule has 0 aromatic rings. The zero-order valence-electron chi connectivity index (χ0n) is 32.3. The second kappa shape index (κ2) is 28.0. The minimum atomic E-state index is -4.30. The summed E-state index contributed by atoms with van der Waals surface area (Å²) in [6, 6.07) is 0. The van der Waals surface area contributed by atoms with Crippen LogP contribution in [-0.4, -0.2) is 113 Å². The van der Waals surface area contributed by atoms with E-state index in [9.17, 15) is 16.8 Å². The molecule has 0 aromatic heterocycles. The molecule has 0 amide bonds. The van der Waals surface area contributed by atoms with Crippen molar-refractivity contribution in [1.29, 1.82) is 0 Å². The first-order valence-electron chi connectivity index (χ1n) is 15.7. The van der Waals surface area contributed by atoms with Crippen molar-refractivity contribution in [2.24, 2.45) is 0 Å². The number of methoxy groups -OCH3 is 2. The van der Waals surface area contributed by atoms with Crippen molar-refractivity contribution in [1.82, 2.24) is 4.90 Å². The van der Waals surface area contributed by atoms with Crippen molar-refractivity contribution in [3.8, 4) is 0 Å². The smallest absolute Gasteiger partial charge is 0.264 e. The second-order valence-electron chi connectivity index (χ2n) is 5.03. The Morgan fingerprint density at radius 2 is 1.39 bits per heavy atom. The van der Waals surface area contributed by atoms with E-state index in [0.29, 0.717) is 6.26 Å². The summed E-state index contributed by atoms with van der Waals surface area (Å²) in [6.07, 6.45) is 3.98. The van der Waals surface area contributed by atoms with E-state index in [1.54, 1.807) is 0 Å². The van der Waals surface area contributed by atoms with Gasteiger partial charge in [0.2, 0.25) is 9.05 Å². The third-order valence-corrected chi connectivity index (χ3v) is 2.94. The van der Waals surface area contributed by atoms with Crippen molar-refractivity contribution < 1.29 is 59.5 Å². The van der Waals surface area contributed by atoms with Gasteiger partial charge in [0.1, 0.15) is 0 Å². The molecule has 13 heteroatoms. The van der Waals surface area contributed by atoms with E-state index in [2.05, 4.69) is 50.0 Å². The molecule has 1 aliphatic rings. The summed E-state index contributed by atoms with van der Waals surface area (Å²) >= 11 is 0. The van der Waals surface area contributed by atoms with E-state index in [1.165, 1.54) is 32.5 Å². The standard InChI is InChI=1S/C6H15N.C4H10O4S.C4H8O.C3H8O2.CH3ClO2S/c1-4-7(5-2)6-3;1-7-3-4-8-9(2,5)6;1-2-4-5-3-1;1-5-3-2-4;1-5(2,3)4/h4-6H2,1-3H3;3-4H2,1-2H3;1-4H2;4H,2-3H2,1H3;1H3/i;1D3,3D2,4D2;;1D3,2D2,3D2;. The maximum atomic E-state index is 10.6. The van der Waals surface area contributed by atoms with Gasteiger partial charge in [0.05, 0.1) is 57.9 Å². The van der Waals surface area contributed by atoms with Crippen LogP contribution in [0.3, 0.4) is 0 Å². The van der Waals surface area contributed by atoms with Gasteiger partial charge in [0, 0.05) is 38.0 Å². The molecule has 1 heterocycles. The van der Waals surface area contributed by atoms with Crippen molar-refractivity contribution in [2.75, 3.05) is 85.7 Å². The van der Waals surface area contributed by atoms with E-state index in [0.717, 1.165) is 19.5 Å². The predicted molar refractivity (Wildman–Crippen MR) is 126 cm³/mol. The van der Waals surface area contributed by atoms with Crippen molar-refractivity contribution >= 4 is 29.9 Å². The zero-order valence-corrected chi connectivity index (χ0v) is 20.7. The maximum Gasteiger partial charge on any atom is 0.264 e. The Morgan fingerprint density at radius 1 is 0.968 bits per heavy atom. The highest BCUT2D eigenvalue weighted by atomic mass is 35.7.